The van der Waals surface area contributed by atoms with Gasteiger partial charge in [-0.1, -0.05) is 31.1 Å². The van der Waals surface area contributed by atoms with Gasteiger partial charge in [-0.15, -0.1) is 0 Å². The first-order valence-corrected chi connectivity index (χ1v) is 7.82. The first-order chi connectivity index (χ1) is 11.4. The summed E-state index contributed by atoms with van der Waals surface area (Å²) in [6.07, 6.45) is 0. The van der Waals surface area contributed by atoms with E-state index in [9.17, 15) is 9.59 Å². The number of amides is 2. The van der Waals surface area contributed by atoms with Crippen molar-refractivity contribution < 1.29 is 18.6 Å². The van der Waals surface area contributed by atoms with Gasteiger partial charge in [-0.2, -0.15) is 0 Å². The van der Waals surface area contributed by atoms with Crippen LogP contribution in [-0.2, 0) is 15.0 Å². The number of aromatic nitrogens is 2. The molecule has 2 rings (SSSR count). The highest BCUT2D eigenvalue weighted by atomic mass is 16.5. The minimum atomic E-state index is -0.0805. The number of aryl methyl sites for hydroxylation is 1. The summed E-state index contributed by atoms with van der Waals surface area (Å²) in [5, 5.41) is 7.50. The van der Waals surface area contributed by atoms with Crippen molar-refractivity contribution in [1.82, 2.24) is 10.3 Å². The fraction of sp³-hybridized carbons (Fsp3) is 0.529. The Labute approximate surface area is 147 Å². The van der Waals surface area contributed by atoms with Gasteiger partial charge >= 0.3 is 0 Å². The third-order valence-electron chi connectivity index (χ3n) is 3.48. The van der Waals surface area contributed by atoms with E-state index in [1.54, 1.807) is 33.2 Å². The zero-order valence-corrected chi connectivity index (χ0v) is 16.1. The van der Waals surface area contributed by atoms with Gasteiger partial charge in [0.05, 0.1) is 0 Å². The van der Waals surface area contributed by atoms with Crippen LogP contribution in [0.25, 0.3) is 0 Å². The van der Waals surface area contributed by atoms with Crippen molar-refractivity contribution >= 4 is 23.5 Å². The van der Waals surface area contributed by atoms with E-state index in [0.29, 0.717) is 17.4 Å². The molecule has 0 saturated carbocycles. The van der Waals surface area contributed by atoms with Gasteiger partial charge in [0.15, 0.2) is 11.6 Å². The van der Waals surface area contributed by atoms with Crippen molar-refractivity contribution in [1.29, 1.82) is 0 Å². The average Bonchev–Trinajstić information content (AvgIpc) is 3.14. The van der Waals surface area contributed by atoms with Gasteiger partial charge in [-0.05, 0) is 6.92 Å². The molecule has 0 aromatic carbocycles. The second-order valence-electron chi connectivity index (χ2n) is 6.75. The number of rotatable bonds is 2. The summed E-state index contributed by atoms with van der Waals surface area (Å²) in [4.78, 5) is 24.7. The van der Waals surface area contributed by atoms with Crippen LogP contribution in [0.2, 0.25) is 0 Å². The lowest BCUT2D eigenvalue weighted by Gasteiger charge is -2.12. The largest absolute Gasteiger partial charge is 0.360 e. The molecule has 8 nitrogen and oxygen atoms in total. The monoisotopic (exact) mass is 350 g/mol. The van der Waals surface area contributed by atoms with Crippen molar-refractivity contribution in [2.24, 2.45) is 0 Å². The molecule has 0 aliphatic heterocycles. The van der Waals surface area contributed by atoms with Crippen LogP contribution in [0.5, 0.6) is 0 Å². The van der Waals surface area contributed by atoms with Gasteiger partial charge in [-0.3, -0.25) is 19.4 Å². The quantitative estimate of drug-likeness (QED) is 0.827. The van der Waals surface area contributed by atoms with Crippen molar-refractivity contribution in [3.05, 3.63) is 23.7 Å². The Bertz CT molecular complexity index is 727. The SMILES string of the molecule is CC(=O)N(C)c1cc(C(C)(C)C)on1.CC(=O)N(C)c1cc(C)on1. The fourth-order valence-electron chi connectivity index (χ4n) is 1.61. The van der Waals surface area contributed by atoms with Gasteiger partial charge in [0, 0.05) is 45.5 Å². The zero-order chi connectivity index (χ0) is 19.4. The highest BCUT2D eigenvalue weighted by molar-refractivity contribution is 5.90. The molecule has 0 unspecified atom stereocenters. The van der Waals surface area contributed by atoms with Gasteiger partial charge in [-0.25, -0.2) is 0 Å². The Morgan fingerprint density at radius 1 is 0.920 bits per heavy atom. The minimum Gasteiger partial charge on any atom is -0.360 e. The van der Waals surface area contributed by atoms with E-state index in [0.717, 1.165) is 5.76 Å². The normalized spacial score (nSPS) is 10.7. The number of carbonyl (C=O) groups excluding carboxylic acids is 2. The summed E-state index contributed by atoms with van der Waals surface area (Å²) in [6, 6.07) is 3.50. The highest BCUT2D eigenvalue weighted by Crippen LogP contribution is 2.25. The predicted molar refractivity (Wildman–Crippen MR) is 94.6 cm³/mol. The Balaban J connectivity index is 0.000000257. The van der Waals surface area contributed by atoms with Crippen LogP contribution >= 0.6 is 0 Å². The van der Waals surface area contributed by atoms with Gasteiger partial charge < -0.3 is 9.05 Å². The summed E-state index contributed by atoms with van der Waals surface area (Å²) >= 11 is 0. The minimum absolute atomic E-state index is 0.0567. The number of carbonyl (C=O) groups is 2. The molecule has 25 heavy (non-hydrogen) atoms. The van der Waals surface area contributed by atoms with Crippen molar-refractivity contribution in [3.8, 4) is 0 Å². The highest BCUT2D eigenvalue weighted by Gasteiger charge is 2.21. The van der Waals surface area contributed by atoms with Crippen LogP contribution in [0.4, 0.5) is 11.6 Å². The topological polar surface area (TPSA) is 92.7 Å². The third-order valence-corrected chi connectivity index (χ3v) is 3.48. The Hall–Kier alpha value is -2.64. The molecule has 8 heteroatoms. The second kappa shape index (κ2) is 7.96. The first-order valence-electron chi connectivity index (χ1n) is 7.82. The molecule has 2 heterocycles. The van der Waals surface area contributed by atoms with E-state index < -0.39 is 0 Å². The molecule has 0 spiro atoms. The molecule has 0 aliphatic carbocycles. The van der Waals surface area contributed by atoms with Crippen molar-refractivity contribution in [3.63, 3.8) is 0 Å². The molecule has 0 fully saturated rings. The predicted octanol–water partition coefficient (Wildman–Crippen LogP) is 2.92. The summed E-state index contributed by atoms with van der Waals surface area (Å²) in [5.74, 6) is 2.48. The smallest absolute Gasteiger partial charge is 0.224 e. The van der Waals surface area contributed by atoms with Crippen LogP contribution in [0, 0.1) is 6.92 Å². The maximum Gasteiger partial charge on any atom is 0.224 e. The van der Waals surface area contributed by atoms with Crippen molar-refractivity contribution in [2.45, 2.75) is 47.0 Å². The van der Waals surface area contributed by atoms with Crippen LogP contribution in [0.15, 0.2) is 21.2 Å². The molecular formula is C17H26N4O4. The maximum absolute atomic E-state index is 11.0. The van der Waals surface area contributed by atoms with Crippen LogP contribution in [0.3, 0.4) is 0 Å². The standard InChI is InChI=1S/C10H16N2O2.C7H10N2O2/c1-7(13)12(5)9-6-8(14-11-9)10(2,3)4;1-5-4-7(8-11-5)9(3)6(2)10/h6H,1-5H3;4H,1-3H3. The van der Waals surface area contributed by atoms with Crippen molar-refractivity contribution in [2.75, 3.05) is 23.9 Å². The maximum atomic E-state index is 11.0. The van der Waals surface area contributed by atoms with E-state index in [1.807, 2.05) is 20.8 Å². The molecule has 0 aliphatic rings. The summed E-state index contributed by atoms with van der Waals surface area (Å²) < 4.78 is 9.95. The van der Waals surface area contributed by atoms with Crippen LogP contribution in [-0.4, -0.2) is 36.2 Å². The van der Waals surface area contributed by atoms with E-state index in [1.165, 1.54) is 23.6 Å². The molecule has 0 N–H and O–H groups in total. The molecule has 0 bridgehead atoms. The van der Waals surface area contributed by atoms with E-state index >= 15 is 0 Å². The molecule has 2 aromatic heterocycles. The van der Waals surface area contributed by atoms with E-state index in [4.69, 9.17) is 9.05 Å². The lowest BCUT2D eigenvalue weighted by molar-refractivity contribution is -0.117. The molecular weight excluding hydrogens is 324 g/mol. The molecule has 138 valence electrons. The van der Waals surface area contributed by atoms with E-state index in [-0.39, 0.29) is 17.2 Å². The number of hydrogen-bond acceptors (Lipinski definition) is 6. The second-order valence-corrected chi connectivity index (χ2v) is 6.75. The van der Waals surface area contributed by atoms with Gasteiger partial charge in [0.2, 0.25) is 11.8 Å². The lowest BCUT2D eigenvalue weighted by Crippen LogP contribution is -2.23. The van der Waals surface area contributed by atoms with Crippen LogP contribution in [0.1, 0.15) is 46.1 Å². The molecule has 0 radical (unpaired) electrons. The first kappa shape index (κ1) is 20.4. The number of anilines is 2. The zero-order valence-electron chi connectivity index (χ0n) is 16.1. The van der Waals surface area contributed by atoms with Crippen LogP contribution < -0.4 is 9.80 Å². The molecule has 2 aromatic rings. The summed E-state index contributed by atoms with van der Waals surface area (Å²) in [6.45, 7) is 10.8. The molecule has 0 saturated heterocycles. The number of nitrogens with zero attached hydrogens (tertiary/aromatic N) is 4. The van der Waals surface area contributed by atoms with Gasteiger partial charge in [0.25, 0.3) is 0 Å². The Morgan fingerprint density at radius 2 is 1.36 bits per heavy atom. The van der Waals surface area contributed by atoms with E-state index in [2.05, 4.69) is 10.3 Å². The summed E-state index contributed by atoms with van der Waals surface area (Å²) in [7, 11) is 3.33. The Kier molecular flexibility index (Phi) is 6.49. The Morgan fingerprint density at radius 3 is 1.68 bits per heavy atom. The number of hydrogen-bond donors (Lipinski definition) is 0. The average molecular weight is 350 g/mol. The fourth-order valence-corrected chi connectivity index (χ4v) is 1.61. The molecule has 2 amide bonds. The molecule has 0 atom stereocenters. The van der Waals surface area contributed by atoms with Gasteiger partial charge in [0.1, 0.15) is 11.5 Å². The lowest BCUT2D eigenvalue weighted by atomic mass is 9.93. The third kappa shape index (κ3) is 5.74. The summed E-state index contributed by atoms with van der Waals surface area (Å²) in [5.41, 5.74) is -0.0805.